The number of fused-ring (bicyclic) bond motifs is 2. The lowest BCUT2D eigenvalue weighted by atomic mass is 10.0. The summed E-state index contributed by atoms with van der Waals surface area (Å²) in [7, 11) is 4.30. The van der Waals surface area contributed by atoms with Crippen molar-refractivity contribution < 1.29 is 9.15 Å². The first-order valence-electron chi connectivity index (χ1n) is 11.0. The molecule has 1 saturated heterocycles. The number of anilines is 1. The third-order valence-corrected chi connectivity index (χ3v) is 6.00. The molecule has 9 heteroatoms. The van der Waals surface area contributed by atoms with E-state index in [-0.39, 0.29) is 6.04 Å². The summed E-state index contributed by atoms with van der Waals surface area (Å²) in [5.41, 5.74) is 8.08. The van der Waals surface area contributed by atoms with E-state index in [0.717, 1.165) is 54.1 Å². The third-order valence-electron chi connectivity index (χ3n) is 6.00. The van der Waals surface area contributed by atoms with E-state index in [1.54, 1.807) is 16.8 Å². The summed E-state index contributed by atoms with van der Waals surface area (Å²) in [5.74, 6) is 2.16. The van der Waals surface area contributed by atoms with Crippen LogP contribution in [0.1, 0.15) is 19.8 Å². The maximum absolute atomic E-state index is 6.21. The van der Waals surface area contributed by atoms with Crippen LogP contribution in [0.15, 0.2) is 41.1 Å². The minimum atomic E-state index is -0.0705. The van der Waals surface area contributed by atoms with Crippen LogP contribution >= 0.6 is 0 Å². The summed E-state index contributed by atoms with van der Waals surface area (Å²) in [6.07, 6.45) is 5.83. The van der Waals surface area contributed by atoms with E-state index in [0.29, 0.717) is 24.3 Å². The van der Waals surface area contributed by atoms with Gasteiger partial charge in [-0.05, 0) is 52.1 Å². The number of nitrogens with zero attached hydrogens (tertiary/aromatic N) is 6. The van der Waals surface area contributed by atoms with Gasteiger partial charge in [0.25, 0.3) is 0 Å². The van der Waals surface area contributed by atoms with Gasteiger partial charge in [0.1, 0.15) is 23.7 Å². The van der Waals surface area contributed by atoms with E-state index >= 15 is 0 Å². The highest BCUT2D eigenvalue weighted by atomic mass is 16.5. The van der Waals surface area contributed by atoms with Gasteiger partial charge in [0, 0.05) is 37.4 Å². The lowest BCUT2D eigenvalue weighted by molar-refractivity contribution is 0.249. The van der Waals surface area contributed by atoms with E-state index < -0.39 is 0 Å². The number of furan rings is 1. The second kappa shape index (κ2) is 8.40. The molecule has 0 amide bonds. The monoisotopic (exact) mass is 435 g/mol. The van der Waals surface area contributed by atoms with E-state index in [2.05, 4.69) is 34.0 Å². The average molecular weight is 436 g/mol. The standard InChI is InChI=1S/C23H29N7O2/c1-15(24)14-31-22-5-4-21-26-13-18(30(21)27-22)20-12-17-19(32-20)6-9-25-23(17)29-10-7-16(8-11-29)28(2)3/h4-6,9,12-13,15-16H,7-8,10-11,14,24H2,1-3H3/t15-/m0/s1. The van der Waals surface area contributed by atoms with Crippen molar-refractivity contribution in [1.29, 1.82) is 0 Å². The topological polar surface area (TPSA) is 98.0 Å². The molecule has 2 N–H and O–H groups in total. The highest BCUT2D eigenvalue weighted by molar-refractivity contribution is 5.92. The molecule has 0 spiro atoms. The molecule has 1 aliphatic heterocycles. The van der Waals surface area contributed by atoms with E-state index in [1.165, 1.54) is 0 Å². The largest absolute Gasteiger partial charge is 0.475 e. The van der Waals surface area contributed by atoms with Gasteiger partial charge in [-0.2, -0.15) is 0 Å². The second-order valence-electron chi connectivity index (χ2n) is 8.71. The van der Waals surface area contributed by atoms with E-state index in [9.17, 15) is 0 Å². The molecule has 1 atom stereocenters. The minimum Gasteiger partial charge on any atom is -0.475 e. The molecule has 1 aliphatic rings. The number of nitrogens with two attached hydrogens (primary N) is 1. The maximum Gasteiger partial charge on any atom is 0.231 e. The van der Waals surface area contributed by atoms with Crippen LogP contribution in [0.25, 0.3) is 28.1 Å². The Bertz CT molecular complexity index is 1220. The Morgan fingerprint density at radius 3 is 2.78 bits per heavy atom. The third kappa shape index (κ3) is 3.89. The second-order valence-corrected chi connectivity index (χ2v) is 8.71. The maximum atomic E-state index is 6.21. The van der Waals surface area contributed by atoms with Gasteiger partial charge in [-0.25, -0.2) is 14.5 Å². The predicted octanol–water partition coefficient (Wildman–Crippen LogP) is 2.79. The molecule has 168 valence electrons. The van der Waals surface area contributed by atoms with Crippen LogP contribution in [0.4, 0.5) is 5.82 Å². The zero-order valence-corrected chi connectivity index (χ0v) is 18.7. The highest BCUT2D eigenvalue weighted by Crippen LogP contribution is 2.34. The van der Waals surface area contributed by atoms with Crippen molar-refractivity contribution in [2.24, 2.45) is 5.73 Å². The van der Waals surface area contributed by atoms with Gasteiger partial charge in [0.15, 0.2) is 11.4 Å². The molecule has 5 heterocycles. The quantitative estimate of drug-likeness (QED) is 0.494. The number of hydrogen-bond donors (Lipinski definition) is 1. The molecule has 1 fully saturated rings. The molecule has 0 unspecified atom stereocenters. The number of piperidine rings is 1. The number of hydrogen-bond acceptors (Lipinski definition) is 8. The number of imidazole rings is 1. The smallest absolute Gasteiger partial charge is 0.231 e. The molecular weight excluding hydrogens is 406 g/mol. The van der Waals surface area contributed by atoms with Gasteiger partial charge in [-0.15, -0.1) is 5.10 Å². The Balaban J connectivity index is 1.47. The van der Waals surface area contributed by atoms with Crippen LogP contribution in [0.2, 0.25) is 0 Å². The van der Waals surface area contributed by atoms with Crippen LogP contribution < -0.4 is 15.4 Å². The van der Waals surface area contributed by atoms with Crippen molar-refractivity contribution >= 4 is 22.4 Å². The van der Waals surface area contributed by atoms with Crippen molar-refractivity contribution in [1.82, 2.24) is 24.5 Å². The molecule has 0 aromatic carbocycles. The van der Waals surface area contributed by atoms with Crippen LogP contribution in [0.5, 0.6) is 5.88 Å². The SMILES string of the molecule is C[C@H](N)COc1ccc2ncc(-c3cc4c(N5CCC(N(C)C)CC5)nccc4o3)n2n1. The molecule has 32 heavy (non-hydrogen) atoms. The van der Waals surface area contributed by atoms with Crippen molar-refractivity contribution in [3.05, 3.63) is 36.7 Å². The first-order valence-corrected chi connectivity index (χ1v) is 11.0. The Labute approximate surface area is 186 Å². The Morgan fingerprint density at radius 2 is 2.03 bits per heavy atom. The van der Waals surface area contributed by atoms with Crippen molar-refractivity contribution in [3.63, 3.8) is 0 Å². The Kier molecular flexibility index (Phi) is 5.44. The summed E-state index contributed by atoms with van der Waals surface area (Å²) in [6.45, 7) is 4.25. The number of rotatable bonds is 6. The molecule has 0 bridgehead atoms. The highest BCUT2D eigenvalue weighted by Gasteiger charge is 2.24. The van der Waals surface area contributed by atoms with E-state index in [1.807, 2.05) is 31.3 Å². The zero-order valence-electron chi connectivity index (χ0n) is 18.7. The first kappa shape index (κ1) is 20.7. The zero-order chi connectivity index (χ0) is 22.2. The van der Waals surface area contributed by atoms with Gasteiger partial charge in [0.05, 0.1) is 11.6 Å². The van der Waals surface area contributed by atoms with Crippen LogP contribution in [0.3, 0.4) is 0 Å². The predicted molar refractivity (Wildman–Crippen MR) is 124 cm³/mol. The van der Waals surface area contributed by atoms with E-state index in [4.69, 9.17) is 19.9 Å². The molecule has 0 radical (unpaired) electrons. The van der Waals surface area contributed by atoms with Crippen LogP contribution in [-0.2, 0) is 0 Å². The molecule has 0 saturated carbocycles. The Morgan fingerprint density at radius 1 is 1.22 bits per heavy atom. The van der Waals surface area contributed by atoms with Gasteiger partial charge < -0.3 is 24.7 Å². The molecule has 4 aromatic heterocycles. The summed E-state index contributed by atoms with van der Waals surface area (Å²) in [4.78, 5) is 13.8. The first-order chi connectivity index (χ1) is 15.5. The fourth-order valence-electron chi connectivity index (χ4n) is 4.24. The molecule has 5 rings (SSSR count). The van der Waals surface area contributed by atoms with Gasteiger partial charge in [0.2, 0.25) is 5.88 Å². The lowest BCUT2D eigenvalue weighted by Gasteiger charge is -2.36. The molecule has 9 nitrogen and oxygen atoms in total. The summed E-state index contributed by atoms with van der Waals surface area (Å²) in [5, 5.41) is 5.58. The van der Waals surface area contributed by atoms with Crippen molar-refractivity contribution in [3.8, 4) is 17.3 Å². The fraction of sp³-hybridized carbons (Fsp3) is 0.435. The number of pyridine rings is 1. The summed E-state index contributed by atoms with van der Waals surface area (Å²) in [6, 6.07) is 8.16. The average Bonchev–Trinajstić information content (AvgIpc) is 3.41. The number of ether oxygens (including phenoxy) is 1. The molecule has 4 aromatic rings. The van der Waals surface area contributed by atoms with Crippen LogP contribution in [0, 0.1) is 0 Å². The van der Waals surface area contributed by atoms with Crippen molar-refractivity contribution in [2.75, 3.05) is 38.7 Å². The minimum absolute atomic E-state index is 0.0705. The fourth-order valence-corrected chi connectivity index (χ4v) is 4.24. The van der Waals surface area contributed by atoms with Gasteiger partial charge in [-0.3, -0.25) is 0 Å². The van der Waals surface area contributed by atoms with Crippen LogP contribution in [-0.4, -0.2) is 70.4 Å². The number of aromatic nitrogens is 4. The molecular formula is C23H29N7O2. The lowest BCUT2D eigenvalue weighted by Crippen LogP contribution is -2.42. The Hall–Kier alpha value is -3.17. The summed E-state index contributed by atoms with van der Waals surface area (Å²) >= 11 is 0. The van der Waals surface area contributed by atoms with Crippen molar-refractivity contribution in [2.45, 2.75) is 31.8 Å². The normalized spacial score (nSPS) is 16.3. The van der Waals surface area contributed by atoms with Gasteiger partial charge >= 0.3 is 0 Å². The van der Waals surface area contributed by atoms with Gasteiger partial charge in [-0.1, -0.05) is 0 Å². The summed E-state index contributed by atoms with van der Waals surface area (Å²) < 4.78 is 13.6. The molecule has 0 aliphatic carbocycles.